The van der Waals surface area contributed by atoms with Crippen molar-refractivity contribution in [1.29, 1.82) is 0 Å². The Balaban J connectivity index is 0.000000288. The molecule has 0 aliphatic carbocycles. The fourth-order valence-electron chi connectivity index (χ4n) is 4.24. The van der Waals surface area contributed by atoms with Gasteiger partial charge in [-0.2, -0.15) is 0 Å². The topological polar surface area (TPSA) is 40.5 Å². The zero-order chi connectivity index (χ0) is 26.3. The van der Waals surface area contributed by atoms with Gasteiger partial charge in [0.25, 0.3) is 0 Å². The lowest BCUT2D eigenvalue weighted by Crippen LogP contribution is -2.15. The highest BCUT2D eigenvalue weighted by atomic mass is 19.1. The van der Waals surface area contributed by atoms with Crippen LogP contribution in [0.3, 0.4) is 0 Å². The summed E-state index contributed by atoms with van der Waals surface area (Å²) in [5.41, 5.74) is 4.72. The van der Waals surface area contributed by atoms with Crippen molar-refractivity contribution in [2.24, 2.45) is 0 Å². The second-order valence-corrected chi connectivity index (χ2v) is 9.45. The Morgan fingerprint density at radius 3 is 2.00 bits per heavy atom. The summed E-state index contributed by atoms with van der Waals surface area (Å²) in [6, 6.07) is 20.2. The van der Waals surface area contributed by atoms with Gasteiger partial charge in [-0.15, -0.1) is 0 Å². The number of carbonyl (C=O) groups is 1. The van der Waals surface area contributed by atoms with Gasteiger partial charge in [0, 0.05) is 18.7 Å². The first-order chi connectivity index (χ1) is 17.4. The van der Waals surface area contributed by atoms with Crippen molar-refractivity contribution in [1.82, 2.24) is 4.90 Å². The first-order valence-electron chi connectivity index (χ1n) is 13.2. The second kappa shape index (κ2) is 15.9. The minimum absolute atomic E-state index is 0.320. The van der Waals surface area contributed by atoms with Crippen molar-refractivity contribution >= 4 is 6.41 Å². The maximum Gasteiger partial charge on any atom is 0.209 e. The van der Waals surface area contributed by atoms with Crippen LogP contribution < -0.4 is 0 Å². The van der Waals surface area contributed by atoms with Crippen molar-refractivity contribution in [2.75, 3.05) is 13.1 Å². The van der Waals surface area contributed by atoms with E-state index in [9.17, 15) is 14.3 Å². The van der Waals surface area contributed by atoms with Gasteiger partial charge in [-0.3, -0.25) is 4.79 Å². The molecule has 0 bridgehead atoms. The maximum atomic E-state index is 14.5. The largest absolute Gasteiger partial charge is 0.384 e. The summed E-state index contributed by atoms with van der Waals surface area (Å²) in [5.74, 6) is -0.320. The van der Waals surface area contributed by atoms with Crippen molar-refractivity contribution in [3.05, 3.63) is 94.8 Å². The number of aliphatic hydroxyl groups is 1. The molecule has 1 unspecified atom stereocenters. The fourth-order valence-corrected chi connectivity index (χ4v) is 4.24. The highest BCUT2D eigenvalue weighted by Crippen LogP contribution is 2.34. The minimum Gasteiger partial charge on any atom is -0.384 e. The molecular formula is C32H42FNO2. The minimum atomic E-state index is -0.860. The third-order valence-electron chi connectivity index (χ3n) is 6.25. The summed E-state index contributed by atoms with van der Waals surface area (Å²) in [6.07, 6.45) is 7.99. The van der Waals surface area contributed by atoms with Gasteiger partial charge in [0.2, 0.25) is 6.41 Å². The Hall–Kier alpha value is -2.98. The first kappa shape index (κ1) is 29.3. The summed E-state index contributed by atoms with van der Waals surface area (Å²) >= 11 is 0. The summed E-state index contributed by atoms with van der Waals surface area (Å²) < 4.78 is 14.5. The number of aliphatic hydroxyl groups excluding tert-OH is 1. The molecule has 1 N–H and O–H groups in total. The van der Waals surface area contributed by atoms with Crippen LogP contribution in [-0.4, -0.2) is 29.5 Å². The molecule has 1 fully saturated rings. The van der Waals surface area contributed by atoms with Crippen LogP contribution in [0, 0.1) is 19.7 Å². The van der Waals surface area contributed by atoms with Gasteiger partial charge in [-0.25, -0.2) is 4.39 Å². The highest BCUT2D eigenvalue weighted by Gasteiger charge is 2.19. The van der Waals surface area contributed by atoms with E-state index < -0.39 is 6.10 Å². The van der Waals surface area contributed by atoms with E-state index in [0.717, 1.165) is 41.8 Å². The van der Waals surface area contributed by atoms with Gasteiger partial charge in [0.05, 0.1) is 0 Å². The number of hydrogen-bond acceptors (Lipinski definition) is 2. The lowest BCUT2D eigenvalue weighted by Gasteiger charge is -2.17. The van der Waals surface area contributed by atoms with Crippen LogP contribution in [0.5, 0.6) is 0 Å². The Kier molecular flexibility index (Phi) is 12.9. The van der Waals surface area contributed by atoms with Crippen LogP contribution in [-0.2, 0) is 4.79 Å². The molecule has 0 aromatic heterocycles. The summed E-state index contributed by atoms with van der Waals surface area (Å²) in [5, 5.41) is 10.8. The number of hydrogen-bond donors (Lipinski definition) is 1. The average Bonchev–Trinajstić information content (AvgIpc) is 3.42. The normalized spacial score (nSPS) is 13.2. The molecule has 194 valence electrons. The number of aryl methyl sites for hydroxylation is 2. The van der Waals surface area contributed by atoms with Crippen LogP contribution >= 0.6 is 0 Å². The SMILES string of the molecule is CCCCCC.Cc1cccc(-c2c(F)cccc2C(O)c2cccc(C)c2)c1.O=CN1CCCC1. The fraction of sp³-hybridized carbons (Fsp3) is 0.406. The third-order valence-corrected chi connectivity index (χ3v) is 6.25. The van der Waals surface area contributed by atoms with Gasteiger partial charge < -0.3 is 10.0 Å². The number of likely N-dealkylation sites (tertiary alicyclic amines) is 1. The standard InChI is InChI=1S/C21H19FO.C6H14.C5H9NO/c1-14-6-3-8-16(12-14)20-18(10-5-11-19(20)22)21(23)17-9-4-7-15(2)13-17;1-3-5-6-4-2;7-5-6-3-1-2-4-6/h3-13,21,23H,1-2H3;3-6H2,1-2H3;5H,1-4H2. The molecule has 1 amide bonds. The van der Waals surface area contributed by atoms with Gasteiger partial charge in [-0.1, -0.05) is 111 Å². The van der Waals surface area contributed by atoms with Crippen LogP contribution in [0.4, 0.5) is 4.39 Å². The van der Waals surface area contributed by atoms with E-state index in [1.54, 1.807) is 17.0 Å². The predicted octanol–water partition coefficient (Wildman–Crippen LogP) is 8.02. The number of carbonyl (C=O) groups excluding carboxylic acids is 1. The molecule has 4 rings (SSSR count). The molecule has 1 aliphatic rings. The number of amides is 1. The third kappa shape index (κ3) is 9.23. The number of unbranched alkanes of at least 4 members (excludes halogenated alkanes) is 3. The van der Waals surface area contributed by atoms with Crippen molar-refractivity contribution in [3.63, 3.8) is 0 Å². The van der Waals surface area contributed by atoms with E-state index in [1.165, 1.54) is 44.6 Å². The molecule has 1 aliphatic heterocycles. The van der Waals surface area contributed by atoms with Crippen LogP contribution in [0.1, 0.15) is 80.7 Å². The van der Waals surface area contributed by atoms with Crippen molar-refractivity contribution in [3.8, 4) is 11.1 Å². The summed E-state index contributed by atoms with van der Waals surface area (Å²) in [7, 11) is 0. The molecule has 36 heavy (non-hydrogen) atoms. The molecule has 0 saturated carbocycles. The van der Waals surface area contributed by atoms with Crippen molar-refractivity contribution < 1.29 is 14.3 Å². The van der Waals surface area contributed by atoms with E-state index in [0.29, 0.717) is 11.1 Å². The Labute approximate surface area is 217 Å². The van der Waals surface area contributed by atoms with Gasteiger partial charge in [0.15, 0.2) is 0 Å². The lowest BCUT2D eigenvalue weighted by atomic mass is 9.91. The molecule has 1 atom stereocenters. The molecule has 0 radical (unpaired) electrons. The molecule has 0 spiro atoms. The first-order valence-corrected chi connectivity index (χ1v) is 13.2. The van der Waals surface area contributed by atoms with Crippen molar-refractivity contribution in [2.45, 2.75) is 72.3 Å². The molecule has 3 aromatic rings. The smallest absolute Gasteiger partial charge is 0.209 e. The summed E-state index contributed by atoms with van der Waals surface area (Å²) in [6.45, 7) is 10.4. The van der Waals surface area contributed by atoms with Crippen LogP contribution in [0.25, 0.3) is 11.1 Å². The average molecular weight is 492 g/mol. The van der Waals surface area contributed by atoms with E-state index in [-0.39, 0.29) is 5.82 Å². The van der Waals surface area contributed by atoms with Crippen LogP contribution in [0.2, 0.25) is 0 Å². The molecule has 1 heterocycles. The van der Waals surface area contributed by atoms with E-state index in [4.69, 9.17) is 0 Å². The van der Waals surface area contributed by atoms with Gasteiger partial charge in [-0.05, 0) is 49.4 Å². The highest BCUT2D eigenvalue weighted by molar-refractivity contribution is 5.70. The zero-order valence-corrected chi connectivity index (χ0v) is 22.3. The summed E-state index contributed by atoms with van der Waals surface area (Å²) in [4.78, 5) is 11.7. The van der Waals surface area contributed by atoms with E-state index in [1.807, 2.05) is 62.4 Å². The van der Waals surface area contributed by atoms with Crippen LogP contribution in [0.15, 0.2) is 66.7 Å². The number of nitrogens with zero attached hydrogens (tertiary/aromatic N) is 1. The Bertz CT molecular complexity index is 1060. The number of benzene rings is 3. The van der Waals surface area contributed by atoms with Gasteiger partial charge >= 0.3 is 0 Å². The van der Waals surface area contributed by atoms with E-state index >= 15 is 0 Å². The molecule has 3 nitrogen and oxygen atoms in total. The monoisotopic (exact) mass is 491 g/mol. The maximum absolute atomic E-state index is 14.5. The quantitative estimate of drug-likeness (QED) is 0.268. The molecule has 4 heteroatoms. The Morgan fingerprint density at radius 1 is 0.889 bits per heavy atom. The lowest BCUT2D eigenvalue weighted by molar-refractivity contribution is -0.117. The second-order valence-electron chi connectivity index (χ2n) is 9.45. The molecule has 3 aromatic carbocycles. The van der Waals surface area contributed by atoms with Gasteiger partial charge in [0.1, 0.15) is 11.9 Å². The van der Waals surface area contributed by atoms with E-state index in [2.05, 4.69) is 13.8 Å². The number of halogens is 1. The number of rotatable bonds is 7. The molecule has 1 saturated heterocycles. The Morgan fingerprint density at radius 2 is 1.47 bits per heavy atom. The predicted molar refractivity (Wildman–Crippen MR) is 149 cm³/mol. The zero-order valence-electron chi connectivity index (χ0n) is 22.3. The molecular weight excluding hydrogens is 449 g/mol.